The second-order valence-electron chi connectivity index (χ2n) is 3.22. The van der Waals surface area contributed by atoms with Crippen LogP contribution in [0.4, 0.5) is 0 Å². The van der Waals surface area contributed by atoms with E-state index >= 15 is 0 Å². The molecule has 0 unspecified atom stereocenters. The third kappa shape index (κ3) is 3.58. The Balaban J connectivity index is 2.45. The number of alkyl halides is 4. The van der Waals surface area contributed by atoms with Crippen molar-refractivity contribution in [1.82, 2.24) is 0 Å². The Morgan fingerprint density at radius 2 is 0.667 bits per heavy atom. The fraction of sp³-hybridized carbons (Fsp3) is 1.00. The number of hydrogen-bond donors (Lipinski definition) is 0. The first-order valence-electron chi connectivity index (χ1n) is 4.17. The summed E-state index contributed by atoms with van der Waals surface area (Å²) in [5, 5.41) is 0. The van der Waals surface area contributed by atoms with Crippen molar-refractivity contribution >= 4 is 63.7 Å². The quantitative estimate of drug-likeness (QED) is 0.495. The van der Waals surface area contributed by atoms with Crippen molar-refractivity contribution in [3.63, 3.8) is 0 Å². The molecule has 4 atom stereocenters. The molecule has 1 aliphatic rings. The molecule has 0 radical (unpaired) electrons. The van der Waals surface area contributed by atoms with Gasteiger partial charge in [0.1, 0.15) is 0 Å². The van der Waals surface area contributed by atoms with Crippen LogP contribution in [0.3, 0.4) is 0 Å². The Morgan fingerprint density at radius 3 is 0.833 bits per heavy atom. The lowest BCUT2D eigenvalue weighted by atomic mass is 10.0. The van der Waals surface area contributed by atoms with Crippen LogP contribution in [0.5, 0.6) is 0 Å². The Bertz CT molecular complexity index is 107. The van der Waals surface area contributed by atoms with Gasteiger partial charge in [-0.05, 0) is 25.7 Å². The standard InChI is InChI=1S/C8H12Br4/c9-5-1-2-6(10)8(12)4-3-7(5)11/h5-8H,1-4H2/t5-,6-,7-,8-/m0/s1. The third-order valence-corrected chi connectivity index (χ3v) is 8.02. The summed E-state index contributed by atoms with van der Waals surface area (Å²) in [5.74, 6) is 0. The minimum atomic E-state index is 0.637. The van der Waals surface area contributed by atoms with E-state index in [-0.39, 0.29) is 0 Å². The predicted octanol–water partition coefficient (Wildman–Crippen LogP) is 4.61. The van der Waals surface area contributed by atoms with Crippen LogP contribution in [0.1, 0.15) is 25.7 Å². The first-order chi connectivity index (χ1) is 5.61. The maximum Gasteiger partial charge on any atom is 0.0271 e. The fourth-order valence-electron chi connectivity index (χ4n) is 1.36. The van der Waals surface area contributed by atoms with Crippen LogP contribution in [-0.2, 0) is 0 Å². The van der Waals surface area contributed by atoms with Crippen LogP contribution in [0.2, 0.25) is 0 Å². The van der Waals surface area contributed by atoms with Crippen LogP contribution in [0.15, 0.2) is 0 Å². The van der Waals surface area contributed by atoms with Crippen molar-refractivity contribution in [2.24, 2.45) is 0 Å². The summed E-state index contributed by atoms with van der Waals surface area (Å²) in [5.41, 5.74) is 0. The van der Waals surface area contributed by atoms with Gasteiger partial charge in [0.15, 0.2) is 0 Å². The minimum absolute atomic E-state index is 0.637. The molecule has 1 fully saturated rings. The van der Waals surface area contributed by atoms with E-state index in [1.807, 2.05) is 0 Å². The molecule has 0 nitrogen and oxygen atoms in total. The van der Waals surface area contributed by atoms with Gasteiger partial charge in [-0.3, -0.25) is 0 Å². The highest BCUT2D eigenvalue weighted by Crippen LogP contribution is 2.33. The lowest BCUT2D eigenvalue weighted by Gasteiger charge is -2.25. The molecule has 1 aliphatic carbocycles. The smallest absolute Gasteiger partial charge is 0.0271 e. The van der Waals surface area contributed by atoms with E-state index in [4.69, 9.17) is 0 Å². The molecule has 0 N–H and O–H groups in total. The summed E-state index contributed by atoms with van der Waals surface area (Å²) in [6.07, 6.45) is 4.98. The summed E-state index contributed by atoms with van der Waals surface area (Å²) in [4.78, 5) is 2.55. The molecule has 0 aromatic carbocycles. The van der Waals surface area contributed by atoms with Crippen LogP contribution >= 0.6 is 63.7 Å². The molecule has 0 heterocycles. The van der Waals surface area contributed by atoms with E-state index in [1.54, 1.807) is 0 Å². The molecular weight excluding hydrogens is 416 g/mol. The van der Waals surface area contributed by atoms with Gasteiger partial charge >= 0.3 is 0 Å². The van der Waals surface area contributed by atoms with Crippen molar-refractivity contribution < 1.29 is 0 Å². The van der Waals surface area contributed by atoms with E-state index < -0.39 is 0 Å². The minimum Gasteiger partial charge on any atom is -0.0879 e. The van der Waals surface area contributed by atoms with E-state index in [1.165, 1.54) is 25.7 Å². The first kappa shape index (κ1) is 12.0. The van der Waals surface area contributed by atoms with Gasteiger partial charge < -0.3 is 0 Å². The SMILES string of the molecule is Br[C@H]1CC[C@H](Br)[C@@H](Br)CC[C@@H]1Br. The van der Waals surface area contributed by atoms with Crippen molar-refractivity contribution in [1.29, 1.82) is 0 Å². The van der Waals surface area contributed by atoms with Crippen LogP contribution in [-0.4, -0.2) is 19.3 Å². The average Bonchev–Trinajstić information content (AvgIpc) is 2.07. The Labute approximate surface area is 108 Å². The topological polar surface area (TPSA) is 0 Å². The number of rotatable bonds is 0. The van der Waals surface area contributed by atoms with Crippen LogP contribution < -0.4 is 0 Å². The number of hydrogen-bond acceptors (Lipinski definition) is 0. The first-order valence-corrected chi connectivity index (χ1v) is 7.84. The molecule has 0 aromatic rings. The molecule has 0 amide bonds. The fourth-order valence-corrected chi connectivity index (χ4v) is 3.47. The second kappa shape index (κ2) is 5.72. The zero-order valence-corrected chi connectivity index (χ0v) is 13.0. The zero-order valence-electron chi connectivity index (χ0n) is 6.65. The summed E-state index contributed by atoms with van der Waals surface area (Å²) < 4.78 is 0. The van der Waals surface area contributed by atoms with E-state index in [0.29, 0.717) is 19.3 Å². The average molecular weight is 428 g/mol. The zero-order chi connectivity index (χ0) is 9.14. The highest BCUT2D eigenvalue weighted by Gasteiger charge is 2.25. The van der Waals surface area contributed by atoms with Crippen molar-refractivity contribution in [2.75, 3.05) is 0 Å². The Kier molecular flexibility index (Phi) is 5.71. The van der Waals surface area contributed by atoms with Gasteiger partial charge in [-0.1, -0.05) is 63.7 Å². The third-order valence-electron chi connectivity index (χ3n) is 2.22. The van der Waals surface area contributed by atoms with Crippen LogP contribution in [0.25, 0.3) is 0 Å². The summed E-state index contributed by atoms with van der Waals surface area (Å²) >= 11 is 14.8. The Morgan fingerprint density at radius 1 is 0.500 bits per heavy atom. The van der Waals surface area contributed by atoms with Crippen molar-refractivity contribution in [3.05, 3.63) is 0 Å². The molecule has 72 valence electrons. The molecule has 4 heteroatoms. The normalized spacial score (nSPS) is 45.0. The van der Waals surface area contributed by atoms with E-state index in [0.717, 1.165) is 0 Å². The maximum atomic E-state index is 3.70. The van der Waals surface area contributed by atoms with E-state index in [2.05, 4.69) is 63.7 Å². The van der Waals surface area contributed by atoms with Gasteiger partial charge in [0.2, 0.25) is 0 Å². The van der Waals surface area contributed by atoms with Gasteiger partial charge in [0.25, 0.3) is 0 Å². The highest BCUT2D eigenvalue weighted by atomic mass is 79.9. The monoisotopic (exact) mass is 424 g/mol. The summed E-state index contributed by atoms with van der Waals surface area (Å²) in [6.45, 7) is 0. The molecular formula is C8H12Br4. The molecule has 1 rings (SSSR count). The number of halogens is 4. The van der Waals surface area contributed by atoms with E-state index in [9.17, 15) is 0 Å². The second-order valence-corrected chi connectivity index (χ2v) is 7.92. The van der Waals surface area contributed by atoms with Crippen molar-refractivity contribution in [3.8, 4) is 0 Å². The lowest BCUT2D eigenvalue weighted by molar-refractivity contribution is 0.557. The van der Waals surface area contributed by atoms with Gasteiger partial charge in [-0.25, -0.2) is 0 Å². The predicted molar refractivity (Wildman–Crippen MR) is 69.3 cm³/mol. The summed E-state index contributed by atoms with van der Waals surface area (Å²) in [6, 6.07) is 0. The van der Waals surface area contributed by atoms with Gasteiger partial charge in [0.05, 0.1) is 0 Å². The van der Waals surface area contributed by atoms with Gasteiger partial charge in [-0.2, -0.15) is 0 Å². The maximum absolute atomic E-state index is 3.70. The molecule has 12 heavy (non-hydrogen) atoms. The molecule has 0 saturated heterocycles. The molecule has 0 aromatic heterocycles. The molecule has 0 spiro atoms. The molecule has 0 aliphatic heterocycles. The van der Waals surface area contributed by atoms with Gasteiger partial charge in [-0.15, -0.1) is 0 Å². The Hall–Kier alpha value is 1.92. The van der Waals surface area contributed by atoms with Gasteiger partial charge in [0, 0.05) is 19.3 Å². The van der Waals surface area contributed by atoms with Crippen molar-refractivity contribution in [2.45, 2.75) is 45.0 Å². The summed E-state index contributed by atoms with van der Waals surface area (Å²) in [7, 11) is 0. The highest BCUT2D eigenvalue weighted by molar-refractivity contribution is 9.12. The lowest BCUT2D eigenvalue weighted by Crippen LogP contribution is -2.25. The van der Waals surface area contributed by atoms with Crippen LogP contribution in [0, 0.1) is 0 Å². The molecule has 0 bridgehead atoms. The molecule has 1 saturated carbocycles. The largest absolute Gasteiger partial charge is 0.0879 e.